The molecule has 7 heteroatoms. The lowest BCUT2D eigenvalue weighted by atomic mass is 10.2. The Morgan fingerprint density at radius 2 is 1.83 bits per heavy atom. The fourth-order valence-corrected chi connectivity index (χ4v) is 1.89. The van der Waals surface area contributed by atoms with Crippen molar-refractivity contribution in [1.82, 2.24) is 0 Å². The monoisotopic (exact) mass is 322 g/mol. The third-order valence-corrected chi connectivity index (χ3v) is 3.05. The zero-order chi connectivity index (χ0) is 16.8. The Kier molecular flexibility index (Phi) is 5.35. The van der Waals surface area contributed by atoms with Crippen LogP contribution in [0.5, 0.6) is 11.5 Å². The molecule has 122 valence electrons. The van der Waals surface area contributed by atoms with Gasteiger partial charge in [0.1, 0.15) is 11.5 Å². The topological polar surface area (TPSA) is 59.6 Å². The summed E-state index contributed by atoms with van der Waals surface area (Å²) < 4.78 is 36.2. The Labute approximate surface area is 132 Å². The molecule has 0 aliphatic rings. The molecule has 0 atom stereocenters. The molecule has 2 aromatic rings. The summed E-state index contributed by atoms with van der Waals surface area (Å²) in [5.41, 5.74) is 0.751. The van der Waals surface area contributed by atoms with Gasteiger partial charge in [0.05, 0.1) is 26.5 Å². The summed E-state index contributed by atoms with van der Waals surface area (Å²) in [6, 6.07) is 8.30. The van der Waals surface area contributed by atoms with E-state index in [0.717, 1.165) is 12.1 Å². The maximum atomic E-state index is 13.1. The second-order valence-corrected chi connectivity index (χ2v) is 4.60. The first-order valence-corrected chi connectivity index (χ1v) is 6.74. The standard InChI is InChI=1S/C16H16F2N2O3/c1-22-11-4-6-15(23-2)14(8-11)20-16(21)9-19-10-3-5-12(17)13(18)7-10/h3-8,19H,9H2,1-2H3,(H,20,21). The first-order valence-electron chi connectivity index (χ1n) is 6.74. The van der Waals surface area contributed by atoms with Crippen LogP contribution in [0, 0.1) is 11.6 Å². The first-order chi connectivity index (χ1) is 11.0. The minimum Gasteiger partial charge on any atom is -0.497 e. The molecule has 2 N–H and O–H groups in total. The second-order valence-electron chi connectivity index (χ2n) is 4.60. The van der Waals surface area contributed by atoms with Gasteiger partial charge < -0.3 is 20.1 Å². The van der Waals surface area contributed by atoms with Crippen molar-refractivity contribution in [2.24, 2.45) is 0 Å². The molecule has 0 aliphatic heterocycles. The van der Waals surface area contributed by atoms with Crippen molar-refractivity contribution in [1.29, 1.82) is 0 Å². The van der Waals surface area contributed by atoms with E-state index in [1.54, 1.807) is 18.2 Å². The van der Waals surface area contributed by atoms with Crippen LogP contribution in [-0.2, 0) is 4.79 Å². The molecule has 23 heavy (non-hydrogen) atoms. The van der Waals surface area contributed by atoms with E-state index in [4.69, 9.17) is 9.47 Å². The SMILES string of the molecule is COc1ccc(OC)c(NC(=O)CNc2ccc(F)c(F)c2)c1. The Balaban J connectivity index is 2.00. The highest BCUT2D eigenvalue weighted by Crippen LogP contribution is 2.28. The Hall–Kier alpha value is -2.83. The fourth-order valence-electron chi connectivity index (χ4n) is 1.89. The van der Waals surface area contributed by atoms with Gasteiger partial charge in [-0.05, 0) is 24.3 Å². The van der Waals surface area contributed by atoms with Crippen LogP contribution in [0.4, 0.5) is 20.2 Å². The number of carbonyl (C=O) groups is 1. The van der Waals surface area contributed by atoms with Crippen LogP contribution in [0.2, 0.25) is 0 Å². The van der Waals surface area contributed by atoms with E-state index in [9.17, 15) is 13.6 Å². The Bertz CT molecular complexity index is 708. The van der Waals surface area contributed by atoms with Crippen molar-refractivity contribution in [3.63, 3.8) is 0 Å². The number of carbonyl (C=O) groups excluding carboxylic acids is 1. The van der Waals surface area contributed by atoms with E-state index in [1.165, 1.54) is 20.3 Å². The number of hydrogen-bond donors (Lipinski definition) is 2. The van der Waals surface area contributed by atoms with Gasteiger partial charge in [-0.2, -0.15) is 0 Å². The molecule has 0 fully saturated rings. The Morgan fingerprint density at radius 3 is 2.48 bits per heavy atom. The number of ether oxygens (including phenoxy) is 2. The third kappa shape index (κ3) is 4.32. The van der Waals surface area contributed by atoms with Gasteiger partial charge >= 0.3 is 0 Å². The number of halogens is 2. The molecule has 0 bridgehead atoms. The summed E-state index contributed by atoms with van der Waals surface area (Å²) in [6.07, 6.45) is 0. The average molecular weight is 322 g/mol. The number of amides is 1. The molecule has 1 amide bonds. The highest BCUT2D eigenvalue weighted by atomic mass is 19.2. The van der Waals surface area contributed by atoms with Crippen molar-refractivity contribution < 1.29 is 23.0 Å². The number of anilines is 2. The number of rotatable bonds is 6. The highest BCUT2D eigenvalue weighted by Gasteiger charge is 2.09. The van der Waals surface area contributed by atoms with Crippen molar-refractivity contribution in [3.8, 4) is 11.5 Å². The fraction of sp³-hybridized carbons (Fsp3) is 0.188. The van der Waals surface area contributed by atoms with Gasteiger partial charge in [-0.1, -0.05) is 0 Å². The summed E-state index contributed by atoms with van der Waals surface area (Å²) in [5.74, 6) is -1.26. The molecule has 0 unspecified atom stereocenters. The van der Waals surface area contributed by atoms with Gasteiger partial charge in [0.2, 0.25) is 5.91 Å². The molecule has 0 saturated heterocycles. The summed E-state index contributed by atoms with van der Waals surface area (Å²) in [6.45, 7) is -0.120. The molecular formula is C16H16F2N2O3. The minimum atomic E-state index is -0.982. The quantitative estimate of drug-likeness (QED) is 0.858. The molecule has 2 aromatic carbocycles. The Morgan fingerprint density at radius 1 is 1.04 bits per heavy atom. The van der Waals surface area contributed by atoms with Gasteiger partial charge in [0, 0.05) is 17.8 Å². The van der Waals surface area contributed by atoms with Crippen molar-refractivity contribution >= 4 is 17.3 Å². The lowest BCUT2D eigenvalue weighted by molar-refractivity contribution is -0.114. The van der Waals surface area contributed by atoms with Crippen LogP contribution in [0.25, 0.3) is 0 Å². The lowest BCUT2D eigenvalue weighted by Gasteiger charge is -2.12. The van der Waals surface area contributed by atoms with Crippen molar-refractivity contribution in [2.75, 3.05) is 31.4 Å². The van der Waals surface area contributed by atoms with Gasteiger partial charge in [0.25, 0.3) is 0 Å². The van der Waals surface area contributed by atoms with Crippen LogP contribution in [0.15, 0.2) is 36.4 Å². The molecular weight excluding hydrogens is 306 g/mol. The molecule has 0 heterocycles. The van der Waals surface area contributed by atoms with Gasteiger partial charge in [0.15, 0.2) is 11.6 Å². The van der Waals surface area contributed by atoms with Crippen LogP contribution in [0.1, 0.15) is 0 Å². The first kappa shape index (κ1) is 16.5. The zero-order valence-corrected chi connectivity index (χ0v) is 12.7. The maximum Gasteiger partial charge on any atom is 0.243 e. The predicted octanol–water partition coefficient (Wildman–Crippen LogP) is 3.03. The third-order valence-electron chi connectivity index (χ3n) is 3.05. The van der Waals surface area contributed by atoms with Crippen LogP contribution in [-0.4, -0.2) is 26.7 Å². The summed E-state index contributed by atoms with van der Waals surface area (Å²) >= 11 is 0. The largest absolute Gasteiger partial charge is 0.497 e. The normalized spacial score (nSPS) is 10.1. The molecule has 0 aliphatic carbocycles. The molecule has 0 aromatic heterocycles. The number of nitrogens with one attached hydrogen (secondary N) is 2. The number of methoxy groups -OCH3 is 2. The summed E-state index contributed by atoms with van der Waals surface area (Å²) in [4.78, 5) is 12.0. The van der Waals surface area contributed by atoms with E-state index in [-0.39, 0.29) is 12.5 Å². The van der Waals surface area contributed by atoms with E-state index < -0.39 is 11.6 Å². The van der Waals surface area contributed by atoms with E-state index in [1.807, 2.05) is 0 Å². The maximum absolute atomic E-state index is 13.1. The van der Waals surface area contributed by atoms with Crippen molar-refractivity contribution in [2.45, 2.75) is 0 Å². The van der Waals surface area contributed by atoms with Gasteiger partial charge in [-0.15, -0.1) is 0 Å². The lowest BCUT2D eigenvalue weighted by Crippen LogP contribution is -2.22. The zero-order valence-electron chi connectivity index (χ0n) is 12.7. The summed E-state index contributed by atoms with van der Waals surface area (Å²) in [7, 11) is 3.00. The average Bonchev–Trinajstić information content (AvgIpc) is 2.55. The van der Waals surface area contributed by atoms with Gasteiger partial charge in [-0.3, -0.25) is 4.79 Å². The van der Waals surface area contributed by atoms with Gasteiger partial charge in [-0.25, -0.2) is 8.78 Å². The molecule has 5 nitrogen and oxygen atoms in total. The molecule has 2 rings (SSSR count). The minimum absolute atomic E-state index is 0.120. The van der Waals surface area contributed by atoms with E-state index >= 15 is 0 Å². The molecule has 0 radical (unpaired) electrons. The molecule has 0 saturated carbocycles. The number of hydrogen-bond acceptors (Lipinski definition) is 4. The van der Waals surface area contributed by atoms with Crippen LogP contribution in [0.3, 0.4) is 0 Å². The second kappa shape index (κ2) is 7.44. The van der Waals surface area contributed by atoms with Crippen LogP contribution < -0.4 is 20.1 Å². The number of benzene rings is 2. The predicted molar refractivity (Wildman–Crippen MR) is 83.0 cm³/mol. The summed E-state index contributed by atoms with van der Waals surface area (Å²) in [5, 5.41) is 5.37. The van der Waals surface area contributed by atoms with Crippen molar-refractivity contribution in [3.05, 3.63) is 48.0 Å². The van der Waals surface area contributed by atoms with E-state index in [2.05, 4.69) is 10.6 Å². The van der Waals surface area contributed by atoms with E-state index in [0.29, 0.717) is 22.9 Å². The smallest absolute Gasteiger partial charge is 0.243 e. The molecule has 0 spiro atoms. The van der Waals surface area contributed by atoms with Crippen LogP contribution >= 0.6 is 0 Å². The highest BCUT2D eigenvalue weighted by molar-refractivity contribution is 5.95.